The average Bonchev–Trinajstić information content (AvgIpc) is 2.13. The number of piperazine rings is 1. The molecule has 0 radical (unpaired) electrons. The number of hydrogen-bond acceptors (Lipinski definition) is 2. The van der Waals surface area contributed by atoms with Gasteiger partial charge >= 0.3 is 0 Å². The molecule has 1 aliphatic heterocycles. The zero-order chi connectivity index (χ0) is 10.7. The zero-order valence-corrected chi connectivity index (χ0v) is 9.45. The predicted octanol–water partition coefficient (Wildman–Crippen LogP) is -1.12. The van der Waals surface area contributed by atoms with Crippen LogP contribution in [-0.2, 0) is 0 Å². The molecule has 0 aliphatic carbocycles. The predicted molar refractivity (Wildman–Crippen MR) is 55.7 cm³/mol. The summed E-state index contributed by atoms with van der Waals surface area (Å²) in [7, 11) is 4.41. The van der Waals surface area contributed by atoms with Crippen LogP contribution < -0.4 is 0 Å². The Morgan fingerprint density at radius 3 is 1.29 bits per heavy atom. The highest BCUT2D eigenvalue weighted by Crippen LogP contribution is 2.14. The minimum absolute atomic E-state index is 0.278. The monoisotopic (exact) mass is 204 g/mol. The summed E-state index contributed by atoms with van der Waals surface area (Å²) in [6.07, 6.45) is 0. The number of aliphatic hydroxyl groups is 2. The van der Waals surface area contributed by atoms with Crippen molar-refractivity contribution in [3.05, 3.63) is 0 Å². The van der Waals surface area contributed by atoms with Gasteiger partial charge < -0.3 is 19.2 Å². The molecule has 1 saturated heterocycles. The third-order valence-corrected chi connectivity index (χ3v) is 3.64. The number of rotatable bonds is 4. The SMILES string of the molecule is C[N+]1(CCO)CC[N+](C)(CCO)CC1. The first-order chi connectivity index (χ1) is 6.54. The minimum atomic E-state index is 0.278. The lowest BCUT2D eigenvalue weighted by atomic mass is 10.2. The van der Waals surface area contributed by atoms with Crippen LogP contribution in [0.1, 0.15) is 0 Å². The van der Waals surface area contributed by atoms with Crippen molar-refractivity contribution in [3.63, 3.8) is 0 Å². The van der Waals surface area contributed by atoms with E-state index in [0.29, 0.717) is 0 Å². The van der Waals surface area contributed by atoms with Gasteiger partial charge in [-0.1, -0.05) is 0 Å². The topological polar surface area (TPSA) is 40.5 Å². The quantitative estimate of drug-likeness (QED) is 0.569. The highest BCUT2D eigenvalue weighted by atomic mass is 16.3. The summed E-state index contributed by atoms with van der Waals surface area (Å²) in [6.45, 7) is 6.71. The second-order valence-corrected chi connectivity index (χ2v) is 5.03. The second-order valence-electron chi connectivity index (χ2n) is 5.03. The highest BCUT2D eigenvalue weighted by Gasteiger charge is 2.36. The maximum atomic E-state index is 8.96. The van der Waals surface area contributed by atoms with Gasteiger partial charge in [0.25, 0.3) is 0 Å². The van der Waals surface area contributed by atoms with E-state index in [2.05, 4.69) is 14.1 Å². The molecule has 1 aliphatic rings. The van der Waals surface area contributed by atoms with Crippen molar-refractivity contribution < 1.29 is 19.2 Å². The average molecular weight is 204 g/mol. The van der Waals surface area contributed by atoms with Crippen LogP contribution in [0.5, 0.6) is 0 Å². The van der Waals surface area contributed by atoms with Crippen LogP contribution in [0.2, 0.25) is 0 Å². The first-order valence-corrected chi connectivity index (χ1v) is 5.42. The van der Waals surface area contributed by atoms with Gasteiger partial charge in [0.05, 0.1) is 27.3 Å². The molecule has 4 heteroatoms. The Hall–Kier alpha value is -0.160. The summed E-state index contributed by atoms with van der Waals surface area (Å²) >= 11 is 0. The van der Waals surface area contributed by atoms with Gasteiger partial charge in [-0.15, -0.1) is 0 Å². The summed E-state index contributed by atoms with van der Waals surface area (Å²) in [6, 6.07) is 0. The molecule has 0 unspecified atom stereocenters. The summed E-state index contributed by atoms with van der Waals surface area (Å²) < 4.78 is 1.96. The van der Waals surface area contributed by atoms with Gasteiger partial charge in [-0.2, -0.15) is 0 Å². The molecule has 0 amide bonds. The fourth-order valence-electron chi connectivity index (χ4n) is 2.12. The van der Waals surface area contributed by atoms with Crippen molar-refractivity contribution >= 4 is 0 Å². The Morgan fingerprint density at radius 1 is 0.786 bits per heavy atom. The van der Waals surface area contributed by atoms with Gasteiger partial charge in [0, 0.05) is 0 Å². The van der Waals surface area contributed by atoms with Gasteiger partial charge in [-0.25, -0.2) is 0 Å². The van der Waals surface area contributed by atoms with E-state index in [0.717, 1.165) is 48.2 Å². The van der Waals surface area contributed by atoms with Crippen LogP contribution in [0.15, 0.2) is 0 Å². The normalized spacial score (nSPS) is 38.6. The Labute approximate surface area is 86.5 Å². The van der Waals surface area contributed by atoms with E-state index < -0.39 is 0 Å². The third kappa shape index (κ3) is 2.92. The van der Waals surface area contributed by atoms with Crippen LogP contribution in [0, 0.1) is 0 Å². The van der Waals surface area contributed by atoms with E-state index in [1.54, 1.807) is 0 Å². The smallest absolute Gasteiger partial charge is 0.129 e. The van der Waals surface area contributed by atoms with Gasteiger partial charge in [-0.05, 0) is 0 Å². The van der Waals surface area contributed by atoms with Crippen LogP contribution >= 0.6 is 0 Å². The number of nitrogens with zero attached hydrogens (tertiary/aromatic N) is 2. The molecule has 14 heavy (non-hydrogen) atoms. The van der Waals surface area contributed by atoms with E-state index in [4.69, 9.17) is 10.2 Å². The summed E-state index contributed by atoms with van der Waals surface area (Å²) in [5.74, 6) is 0. The molecule has 84 valence electrons. The minimum Gasteiger partial charge on any atom is -0.391 e. The molecule has 0 aromatic rings. The number of quaternary nitrogens is 2. The first-order valence-electron chi connectivity index (χ1n) is 5.42. The van der Waals surface area contributed by atoms with Crippen molar-refractivity contribution in [2.24, 2.45) is 0 Å². The fraction of sp³-hybridized carbons (Fsp3) is 1.00. The molecule has 2 N–H and O–H groups in total. The Kier molecular flexibility index (Phi) is 3.89. The largest absolute Gasteiger partial charge is 0.391 e. The fourth-order valence-corrected chi connectivity index (χ4v) is 2.12. The van der Waals surface area contributed by atoms with Crippen molar-refractivity contribution in [2.45, 2.75) is 0 Å². The lowest BCUT2D eigenvalue weighted by molar-refractivity contribution is -1.02. The maximum Gasteiger partial charge on any atom is 0.129 e. The van der Waals surface area contributed by atoms with Crippen molar-refractivity contribution in [2.75, 3.05) is 66.6 Å². The molecule has 1 fully saturated rings. The molecule has 0 aromatic heterocycles. The maximum absolute atomic E-state index is 8.96. The number of likely N-dealkylation sites (N-methyl/N-ethyl adjacent to an activating group) is 2. The lowest BCUT2D eigenvalue weighted by Gasteiger charge is -2.45. The van der Waals surface area contributed by atoms with Crippen LogP contribution in [-0.4, -0.2) is 85.8 Å². The van der Waals surface area contributed by atoms with Gasteiger partial charge in [0.2, 0.25) is 0 Å². The summed E-state index contributed by atoms with van der Waals surface area (Å²) in [4.78, 5) is 0. The molecule has 0 spiro atoms. The highest BCUT2D eigenvalue weighted by molar-refractivity contribution is 4.50. The molecule has 0 saturated carbocycles. The molecule has 1 rings (SSSR count). The molecule has 0 bridgehead atoms. The van der Waals surface area contributed by atoms with E-state index in [9.17, 15) is 0 Å². The molecule has 0 atom stereocenters. The second kappa shape index (κ2) is 4.57. The van der Waals surface area contributed by atoms with E-state index in [1.165, 1.54) is 0 Å². The van der Waals surface area contributed by atoms with Crippen molar-refractivity contribution in [3.8, 4) is 0 Å². The molecule has 4 nitrogen and oxygen atoms in total. The van der Waals surface area contributed by atoms with Gasteiger partial charge in [0.1, 0.15) is 39.3 Å². The Bertz CT molecular complexity index is 157. The third-order valence-electron chi connectivity index (χ3n) is 3.64. The molecule has 1 heterocycles. The van der Waals surface area contributed by atoms with E-state index in [-0.39, 0.29) is 13.2 Å². The Balaban J connectivity index is 2.44. The van der Waals surface area contributed by atoms with Crippen LogP contribution in [0.25, 0.3) is 0 Å². The van der Waals surface area contributed by atoms with E-state index in [1.807, 2.05) is 0 Å². The lowest BCUT2D eigenvalue weighted by Crippen LogP contribution is -2.65. The van der Waals surface area contributed by atoms with Crippen molar-refractivity contribution in [1.82, 2.24) is 0 Å². The number of aliphatic hydroxyl groups excluding tert-OH is 2. The van der Waals surface area contributed by atoms with Gasteiger partial charge in [0.15, 0.2) is 0 Å². The van der Waals surface area contributed by atoms with Crippen LogP contribution in [0.4, 0.5) is 0 Å². The van der Waals surface area contributed by atoms with Crippen LogP contribution in [0.3, 0.4) is 0 Å². The molecular formula is C10H24N2O2+2. The first kappa shape index (κ1) is 11.9. The summed E-state index contributed by atoms with van der Waals surface area (Å²) in [5, 5.41) is 17.9. The summed E-state index contributed by atoms with van der Waals surface area (Å²) in [5.41, 5.74) is 0. The number of hydrogen-bond donors (Lipinski definition) is 2. The molecular weight excluding hydrogens is 180 g/mol. The Morgan fingerprint density at radius 2 is 1.07 bits per heavy atom. The zero-order valence-electron chi connectivity index (χ0n) is 9.45. The van der Waals surface area contributed by atoms with E-state index >= 15 is 0 Å². The standard InChI is InChI=1S/C10H24N2O2/c1-11(7-9-13)3-5-12(2,6-4-11)8-10-14/h13-14H,3-10H2,1-2H3/q+2. The van der Waals surface area contributed by atoms with Gasteiger partial charge in [-0.3, -0.25) is 0 Å². The molecule has 0 aromatic carbocycles. The van der Waals surface area contributed by atoms with Crippen molar-refractivity contribution in [1.29, 1.82) is 0 Å².